The third kappa shape index (κ3) is 4.06. The first kappa shape index (κ1) is 13.5. The van der Waals surface area contributed by atoms with Gasteiger partial charge in [0.1, 0.15) is 0 Å². The van der Waals surface area contributed by atoms with Gasteiger partial charge >= 0.3 is 6.03 Å². The Bertz CT molecular complexity index is 468. The molecule has 5 heteroatoms. The quantitative estimate of drug-likeness (QED) is 0.647. The van der Waals surface area contributed by atoms with E-state index in [9.17, 15) is 9.59 Å². The Hall–Kier alpha value is -1.88. The summed E-state index contributed by atoms with van der Waals surface area (Å²) >= 11 is 0. The van der Waals surface area contributed by atoms with Crippen LogP contribution in [0.25, 0.3) is 0 Å². The van der Waals surface area contributed by atoms with Crippen molar-refractivity contribution in [3.8, 4) is 0 Å². The first-order valence-corrected chi connectivity index (χ1v) is 6.49. The minimum atomic E-state index is -0.424. The molecule has 1 aliphatic rings. The Labute approximate surface area is 112 Å². The van der Waals surface area contributed by atoms with Crippen LogP contribution in [-0.4, -0.2) is 17.9 Å². The molecule has 2 rings (SSSR count). The number of ketones is 1. The fourth-order valence-electron chi connectivity index (χ4n) is 2.12. The second kappa shape index (κ2) is 6.33. The van der Waals surface area contributed by atoms with Crippen LogP contribution in [0.4, 0.5) is 10.5 Å². The molecule has 1 aliphatic carbocycles. The van der Waals surface area contributed by atoms with E-state index in [1.807, 2.05) is 0 Å². The third-order valence-corrected chi connectivity index (χ3v) is 3.15. The summed E-state index contributed by atoms with van der Waals surface area (Å²) in [5, 5.41) is 2.63. The fraction of sp³-hybridized carbons (Fsp3) is 0.429. The van der Waals surface area contributed by atoms with E-state index in [0.717, 1.165) is 25.7 Å². The van der Waals surface area contributed by atoms with Gasteiger partial charge in [0.15, 0.2) is 5.78 Å². The highest BCUT2D eigenvalue weighted by Gasteiger charge is 2.16. The van der Waals surface area contributed by atoms with E-state index in [2.05, 4.69) is 10.8 Å². The lowest BCUT2D eigenvalue weighted by atomic mass is 10.1. The number of carbonyl (C=O) groups is 2. The van der Waals surface area contributed by atoms with Crippen LogP contribution in [0.15, 0.2) is 24.3 Å². The van der Waals surface area contributed by atoms with Crippen molar-refractivity contribution >= 4 is 17.5 Å². The highest BCUT2D eigenvalue weighted by molar-refractivity contribution is 5.96. The van der Waals surface area contributed by atoms with Crippen LogP contribution in [0.1, 0.15) is 43.0 Å². The number of hydrogen-bond donors (Lipinski definition) is 2. The number of hydrogen-bond acceptors (Lipinski definition) is 3. The lowest BCUT2D eigenvalue weighted by Gasteiger charge is -2.12. The van der Waals surface area contributed by atoms with Crippen molar-refractivity contribution in [2.45, 2.75) is 38.7 Å². The van der Waals surface area contributed by atoms with Crippen molar-refractivity contribution in [2.24, 2.45) is 0 Å². The van der Waals surface area contributed by atoms with Gasteiger partial charge in [-0.1, -0.05) is 25.0 Å². The molecule has 5 nitrogen and oxygen atoms in total. The van der Waals surface area contributed by atoms with E-state index in [4.69, 9.17) is 4.84 Å². The molecule has 0 radical (unpaired) electrons. The molecule has 102 valence electrons. The van der Waals surface area contributed by atoms with Crippen molar-refractivity contribution in [3.05, 3.63) is 29.8 Å². The maximum Gasteiger partial charge on any atom is 0.343 e. The van der Waals surface area contributed by atoms with Gasteiger partial charge in [-0.3, -0.25) is 9.63 Å². The fourth-order valence-corrected chi connectivity index (χ4v) is 2.12. The molecule has 1 aromatic rings. The lowest BCUT2D eigenvalue weighted by Crippen LogP contribution is -2.32. The Morgan fingerprint density at radius 3 is 2.68 bits per heavy atom. The van der Waals surface area contributed by atoms with Crippen molar-refractivity contribution in [1.29, 1.82) is 0 Å². The average molecular weight is 262 g/mol. The number of hydroxylamine groups is 1. The molecule has 0 saturated heterocycles. The number of amides is 2. The van der Waals surface area contributed by atoms with E-state index in [1.165, 1.54) is 6.92 Å². The zero-order valence-corrected chi connectivity index (χ0v) is 10.9. The van der Waals surface area contributed by atoms with Gasteiger partial charge in [-0.15, -0.1) is 0 Å². The summed E-state index contributed by atoms with van der Waals surface area (Å²) in [6.45, 7) is 1.49. The minimum absolute atomic E-state index is 0.0359. The van der Waals surface area contributed by atoms with Crippen LogP contribution < -0.4 is 10.8 Å². The summed E-state index contributed by atoms with van der Waals surface area (Å²) in [6.07, 6.45) is 4.39. The van der Waals surface area contributed by atoms with Crippen LogP contribution in [0.5, 0.6) is 0 Å². The molecule has 2 amide bonds. The maximum absolute atomic E-state index is 11.6. The van der Waals surface area contributed by atoms with Gasteiger partial charge in [-0.05, 0) is 31.9 Å². The van der Waals surface area contributed by atoms with Crippen molar-refractivity contribution in [3.63, 3.8) is 0 Å². The molecular formula is C14H18N2O3. The number of nitrogens with one attached hydrogen (secondary N) is 2. The van der Waals surface area contributed by atoms with Crippen molar-refractivity contribution in [1.82, 2.24) is 5.48 Å². The van der Waals surface area contributed by atoms with Gasteiger partial charge in [0, 0.05) is 11.3 Å². The number of benzene rings is 1. The standard InChI is InChI=1S/C14H18N2O3/c1-10(17)11-5-4-6-12(9-11)15-14(18)16-19-13-7-2-3-8-13/h4-6,9,13H,2-3,7-8H2,1H3,(H2,15,16,18). The molecular weight excluding hydrogens is 244 g/mol. The molecule has 0 heterocycles. The molecule has 1 fully saturated rings. The van der Waals surface area contributed by atoms with Crippen LogP contribution in [0, 0.1) is 0 Å². The smallest absolute Gasteiger partial charge is 0.306 e. The Morgan fingerprint density at radius 2 is 2.00 bits per heavy atom. The van der Waals surface area contributed by atoms with E-state index in [1.54, 1.807) is 24.3 Å². The van der Waals surface area contributed by atoms with Crippen molar-refractivity contribution < 1.29 is 14.4 Å². The third-order valence-electron chi connectivity index (χ3n) is 3.15. The second-order valence-corrected chi connectivity index (χ2v) is 4.72. The summed E-state index contributed by atoms with van der Waals surface area (Å²) in [5.41, 5.74) is 3.52. The normalized spacial score (nSPS) is 15.2. The molecule has 0 bridgehead atoms. The van der Waals surface area contributed by atoms with Crippen molar-refractivity contribution in [2.75, 3.05) is 5.32 Å². The molecule has 0 spiro atoms. The monoisotopic (exact) mass is 262 g/mol. The molecule has 0 aromatic heterocycles. The van der Waals surface area contributed by atoms with Crippen LogP contribution >= 0.6 is 0 Å². The first-order chi connectivity index (χ1) is 9.15. The van der Waals surface area contributed by atoms with E-state index in [0.29, 0.717) is 11.3 Å². The molecule has 1 aromatic carbocycles. The zero-order valence-electron chi connectivity index (χ0n) is 10.9. The maximum atomic E-state index is 11.6. The molecule has 1 saturated carbocycles. The average Bonchev–Trinajstić information content (AvgIpc) is 2.90. The summed E-state index contributed by atoms with van der Waals surface area (Å²) < 4.78 is 0. The number of rotatable bonds is 4. The highest BCUT2D eigenvalue weighted by atomic mass is 16.7. The van der Waals surface area contributed by atoms with E-state index in [-0.39, 0.29) is 11.9 Å². The van der Waals surface area contributed by atoms with Crippen LogP contribution in [0.2, 0.25) is 0 Å². The summed E-state index contributed by atoms with van der Waals surface area (Å²) in [7, 11) is 0. The summed E-state index contributed by atoms with van der Waals surface area (Å²) in [5.74, 6) is -0.0359. The topological polar surface area (TPSA) is 67.4 Å². The molecule has 19 heavy (non-hydrogen) atoms. The van der Waals surface area contributed by atoms with Gasteiger partial charge in [0.25, 0.3) is 0 Å². The predicted octanol–water partition coefficient (Wildman–Crippen LogP) is 2.88. The summed E-state index contributed by atoms with van der Waals surface area (Å²) in [4.78, 5) is 28.1. The number of anilines is 1. The van der Waals surface area contributed by atoms with Gasteiger partial charge < -0.3 is 5.32 Å². The highest BCUT2D eigenvalue weighted by Crippen LogP contribution is 2.19. The van der Waals surface area contributed by atoms with Crippen LogP contribution in [-0.2, 0) is 4.84 Å². The van der Waals surface area contributed by atoms with Gasteiger partial charge in [-0.25, -0.2) is 10.3 Å². The largest absolute Gasteiger partial charge is 0.343 e. The van der Waals surface area contributed by atoms with Gasteiger partial charge in [0.2, 0.25) is 0 Å². The molecule has 0 unspecified atom stereocenters. The van der Waals surface area contributed by atoms with Gasteiger partial charge in [-0.2, -0.15) is 0 Å². The van der Waals surface area contributed by atoms with Crippen LogP contribution in [0.3, 0.4) is 0 Å². The Kier molecular flexibility index (Phi) is 4.52. The summed E-state index contributed by atoms with van der Waals surface area (Å²) in [6, 6.07) is 6.37. The molecule has 0 aliphatic heterocycles. The zero-order chi connectivity index (χ0) is 13.7. The molecule has 0 atom stereocenters. The second-order valence-electron chi connectivity index (χ2n) is 4.72. The molecule has 2 N–H and O–H groups in total. The first-order valence-electron chi connectivity index (χ1n) is 6.49. The Morgan fingerprint density at radius 1 is 1.26 bits per heavy atom. The lowest BCUT2D eigenvalue weighted by molar-refractivity contribution is 0.00336. The van der Waals surface area contributed by atoms with E-state index < -0.39 is 6.03 Å². The van der Waals surface area contributed by atoms with E-state index >= 15 is 0 Å². The minimum Gasteiger partial charge on any atom is -0.306 e. The van der Waals surface area contributed by atoms with Gasteiger partial charge in [0.05, 0.1) is 6.10 Å². The number of urea groups is 1. The SMILES string of the molecule is CC(=O)c1cccc(NC(=O)NOC2CCCC2)c1. The number of Topliss-reactive ketones (excluding diaryl/α,β-unsaturated/α-hetero) is 1. The number of carbonyl (C=O) groups excluding carboxylic acids is 2. The Balaban J connectivity index is 1.84. The predicted molar refractivity (Wildman–Crippen MR) is 71.9 cm³/mol.